The molecule has 1 saturated carbocycles. The van der Waals surface area contributed by atoms with Gasteiger partial charge in [0.05, 0.1) is 5.75 Å². The van der Waals surface area contributed by atoms with Crippen LogP contribution in [0.15, 0.2) is 29.4 Å². The lowest BCUT2D eigenvalue weighted by atomic mass is 10.3. The Morgan fingerprint density at radius 3 is 2.76 bits per heavy atom. The van der Waals surface area contributed by atoms with Crippen molar-refractivity contribution < 1.29 is 13.9 Å². The number of amides is 1. The van der Waals surface area contributed by atoms with Crippen LogP contribution in [0.5, 0.6) is 5.75 Å². The Morgan fingerprint density at radius 2 is 2.12 bits per heavy atom. The van der Waals surface area contributed by atoms with Gasteiger partial charge >= 0.3 is 0 Å². The molecule has 1 amide bonds. The Kier molecular flexibility index (Phi) is 5.57. The highest BCUT2D eigenvalue weighted by Crippen LogP contribution is 2.25. The van der Waals surface area contributed by atoms with Gasteiger partial charge in [-0.05, 0) is 51.0 Å². The van der Waals surface area contributed by atoms with E-state index in [0.717, 1.165) is 12.8 Å². The van der Waals surface area contributed by atoms with Gasteiger partial charge in [-0.1, -0.05) is 11.8 Å². The fourth-order valence-corrected chi connectivity index (χ4v) is 3.22. The predicted molar refractivity (Wildman–Crippen MR) is 93.0 cm³/mol. The molecule has 1 atom stereocenters. The zero-order valence-electron chi connectivity index (χ0n) is 14.2. The quantitative estimate of drug-likeness (QED) is 0.730. The molecule has 134 valence electrons. The average molecular weight is 364 g/mol. The van der Waals surface area contributed by atoms with E-state index < -0.39 is 0 Å². The second-order valence-electron chi connectivity index (χ2n) is 5.93. The van der Waals surface area contributed by atoms with Crippen molar-refractivity contribution in [2.75, 3.05) is 5.75 Å². The van der Waals surface area contributed by atoms with Crippen molar-refractivity contribution in [3.05, 3.63) is 35.9 Å². The third-order valence-corrected chi connectivity index (χ3v) is 4.79. The van der Waals surface area contributed by atoms with Crippen molar-refractivity contribution in [1.82, 2.24) is 20.1 Å². The molecule has 1 N–H and O–H groups in total. The van der Waals surface area contributed by atoms with E-state index >= 15 is 0 Å². The molecule has 3 rings (SSSR count). The van der Waals surface area contributed by atoms with Gasteiger partial charge in [0.15, 0.2) is 17.1 Å². The molecule has 0 spiro atoms. The first-order valence-corrected chi connectivity index (χ1v) is 9.33. The Hall–Kier alpha value is -2.09. The van der Waals surface area contributed by atoms with E-state index in [4.69, 9.17) is 4.74 Å². The summed E-state index contributed by atoms with van der Waals surface area (Å²) >= 11 is 1.37. The van der Waals surface area contributed by atoms with Crippen molar-refractivity contribution in [2.24, 2.45) is 0 Å². The molecule has 1 aliphatic rings. The molecule has 0 saturated heterocycles. The first-order chi connectivity index (χ1) is 12.1. The van der Waals surface area contributed by atoms with Gasteiger partial charge in [-0.25, -0.2) is 4.39 Å². The van der Waals surface area contributed by atoms with Crippen LogP contribution < -0.4 is 10.1 Å². The van der Waals surface area contributed by atoms with E-state index in [1.165, 1.54) is 23.9 Å². The molecule has 1 aromatic heterocycles. The van der Waals surface area contributed by atoms with Crippen molar-refractivity contribution >= 4 is 17.7 Å². The fourth-order valence-electron chi connectivity index (χ4n) is 2.40. The van der Waals surface area contributed by atoms with Crippen LogP contribution in [0.3, 0.4) is 0 Å². The average Bonchev–Trinajstić information content (AvgIpc) is 3.31. The molecule has 8 heteroatoms. The minimum Gasteiger partial charge on any atom is -0.483 e. The number of rotatable bonds is 8. The molecule has 1 heterocycles. The standard InChI is InChI=1S/C17H21FN4O2S/c1-3-22-16(11(2)24-14-8-4-12(18)5-9-14)20-21-17(22)25-10-15(23)19-13-6-7-13/h4-5,8-9,11,13H,3,6-7,10H2,1-2H3,(H,19,23). The predicted octanol–water partition coefficient (Wildman–Crippen LogP) is 2.95. The normalized spacial score (nSPS) is 15.0. The fraction of sp³-hybridized carbons (Fsp3) is 0.471. The molecule has 0 bridgehead atoms. The van der Waals surface area contributed by atoms with E-state index in [0.29, 0.717) is 35.1 Å². The molecule has 0 radical (unpaired) electrons. The highest BCUT2D eigenvalue weighted by Gasteiger charge is 2.24. The monoisotopic (exact) mass is 364 g/mol. The zero-order valence-corrected chi connectivity index (χ0v) is 15.1. The number of halogens is 1. The van der Waals surface area contributed by atoms with Gasteiger partial charge in [-0.3, -0.25) is 4.79 Å². The minimum absolute atomic E-state index is 0.0234. The van der Waals surface area contributed by atoms with Crippen LogP contribution in [0.1, 0.15) is 38.6 Å². The third kappa shape index (κ3) is 4.72. The number of carbonyl (C=O) groups is 1. The van der Waals surface area contributed by atoms with Crippen LogP contribution in [0.25, 0.3) is 0 Å². The molecule has 1 aliphatic carbocycles. The lowest BCUT2D eigenvalue weighted by Crippen LogP contribution is -2.27. The summed E-state index contributed by atoms with van der Waals surface area (Å²) in [7, 11) is 0. The van der Waals surface area contributed by atoms with Gasteiger partial charge < -0.3 is 14.6 Å². The highest BCUT2D eigenvalue weighted by atomic mass is 32.2. The Labute approximate surface area is 150 Å². The largest absolute Gasteiger partial charge is 0.483 e. The number of thioether (sulfide) groups is 1. The summed E-state index contributed by atoms with van der Waals surface area (Å²) in [5.41, 5.74) is 0. The SMILES string of the molecule is CCn1c(SCC(=O)NC2CC2)nnc1C(C)Oc1ccc(F)cc1. The summed E-state index contributed by atoms with van der Waals surface area (Å²) in [6.07, 6.45) is 1.81. The molecule has 0 aliphatic heterocycles. The van der Waals surface area contributed by atoms with Crippen LogP contribution in [-0.4, -0.2) is 32.5 Å². The summed E-state index contributed by atoms with van der Waals surface area (Å²) < 4.78 is 20.7. The maximum atomic E-state index is 13.0. The molecule has 6 nitrogen and oxygen atoms in total. The molecule has 1 fully saturated rings. The van der Waals surface area contributed by atoms with Crippen molar-refractivity contribution in [3.8, 4) is 5.75 Å². The van der Waals surface area contributed by atoms with Crippen LogP contribution >= 0.6 is 11.8 Å². The number of aromatic nitrogens is 3. The number of ether oxygens (including phenoxy) is 1. The number of nitrogens with one attached hydrogen (secondary N) is 1. The number of nitrogens with zero attached hydrogens (tertiary/aromatic N) is 3. The molecule has 1 aromatic carbocycles. The molecule has 25 heavy (non-hydrogen) atoms. The van der Waals surface area contributed by atoms with E-state index in [1.54, 1.807) is 12.1 Å². The lowest BCUT2D eigenvalue weighted by molar-refractivity contribution is -0.118. The van der Waals surface area contributed by atoms with Crippen LogP contribution in [0.4, 0.5) is 4.39 Å². The van der Waals surface area contributed by atoms with E-state index in [1.807, 2.05) is 18.4 Å². The number of carbonyl (C=O) groups excluding carboxylic acids is 1. The Balaban J connectivity index is 1.63. The maximum Gasteiger partial charge on any atom is 0.230 e. The first-order valence-electron chi connectivity index (χ1n) is 8.34. The maximum absolute atomic E-state index is 13.0. The number of hydrogen-bond donors (Lipinski definition) is 1. The zero-order chi connectivity index (χ0) is 17.8. The summed E-state index contributed by atoms with van der Waals surface area (Å²) in [6.45, 7) is 4.53. The van der Waals surface area contributed by atoms with Crippen molar-refractivity contribution in [3.63, 3.8) is 0 Å². The molecular weight excluding hydrogens is 343 g/mol. The summed E-state index contributed by atoms with van der Waals surface area (Å²) in [5, 5.41) is 12.0. The Bertz CT molecular complexity index is 731. The Morgan fingerprint density at radius 1 is 1.40 bits per heavy atom. The minimum atomic E-state index is -0.340. The third-order valence-electron chi connectivity index (χ3n) is 3.83. The van der Waals surface area contributed by atoms with Gasteiger partial charge in [0.25, 0.3) is 0 Å². The van der Waals surface area contributed by atoms with Gasteiger partial charge in [0.1, 0.15) is 11.6 Å². The first kappa shape index (κ1) is 17.7. The van der Waals surface area contributed by atoms with E-state index in [-0.39, 0.29) is 17.8 Å². The van der Waals surface area contributed by atoms with E-state index in [9.17, 15) is 9.18 Å². The number of hydrogen-bond acceptors (Lipinski definition) is 5. The highest BCUT2D eigenvalue weighted by molar-refractivity contribution is 7.99. The second kappa shape index (κ2) is 7.86. The molecule has 2 aromatic rings. The topological polar surface area (TPSA) is 69.0 Å². The van der Waals surface area contributed by atoms with Crippen LogP contribution in [-0.2, 0) is 11.3 Å². The molecule has 1 unspecified atom stereocenters. The summed E-state index contributed by atoms with van der Waals surface area (Å²) in [5.74, 6) is 1.28. The lowest BCUT2D eigenvalue weighted by Gasteiger charge is -2.15. The smallest absolute Gasteiger partial charge is 0.230 e. The van der Waals surface area contributed by atoms with Crippen molar-refractivity contribution in [1.29, 1.82) is 0 Å². The van der Waals surface area contributed by atoms with Gasteiger partial charge in [0.2, 0.25) is 5.91 Å². The number of benzene rings is 1. The van der Waals surface area contributed by atoms with Crippen LogP contribution in [0, 0.1) is 5.82 Å². The van der Waals surface area contributed by atoms with Gasteiger partial charge in [0, 0.05) is 12.6 Å². The van der Waals surface area contributed by atoms with Gasteiger partial charge in [-0.15, -0.1) is 10.2 Å². The van der Waals surface area contributed by atoms with Gasteiger partial charge in [-0.2, -0.15) is 0 Å². The summed E-state index contributed by atoms with van der Waals surface area (Å²) in [6, 6.07) is 6.22. The van der Waals surface area contributed by atoms with E-state index in [2.05, 4.69) is 15.5 Å². The van der Waals surface area contributed by atoms with Crippen LogP contribution in [0.2, 0.25) is 0 Å². The van der Waals surface area contributed by atoms with Crippen molar-refractivity contribution in [2.45, 2.75) is 50.5 Å². The summed E-state index contributed by atoms with van der Waals surface area (Å²) in [4.78, 5) is 11.8. The second-order valence-corrected chi connectivity index (χ2v) is 6.87. The molecular formula is C17H21FN4O2S.